The SMILES string of the molecule is CCNC(C)c1cccc(F)c1N1CC(C)OC(CO)C1. The maximum absolute atomic E-state index is 14.4. The van der Waals surface area contributed by atoms with E-state index in [1.165, 1.54) is 6.07 Å². The zero-order valence-electron chi connectivity index (χ0n) is 13.0. The Kier molecular flexibility index (Phi) is 5.56. The Labute approximate surface area is 125 Å². The molecule has 0 aromatic heterocycles. The van der Waals surface area contributed by atoms with E-state index in [1.807, 2.05) is 31.7 Å². The van der Waals surface area contributed by atoms with E-state index in [4.69, 9.17) is 4.74 Å². The number of aliphatic hydroxyl groups is 1. The highest BCUT2D eigenvalue weighted by Crippen LogP contribution is 2.31. The zero-order chi connectivity index (χ0) is 15.4. The van der Waals surface area contributed by atoms with Crippen LogP contribution in [0, 0.1) is 5.82 Å². The second-order valence-corrected chi connectivity index (χ2v) is 5.61. The Balaban J connectivity index is 2.33. The maximum Gasteiger partial charge on any atom is 0.146 e. The second kappa shape index (κ2) is 7.20. The third-order valence-corrected chi connectivity index (χ3v) is 3.84. The lowest BCUT2D eigenvalue weighted by Crippen LogP contribution is -2.48. The number of hydrogen-bond acceptors (Lipinski definition) is 4. The molecule has 4 nitrogen and oxygen atoms in total. The number of rotatable bonds is 5. The van der Waals surface area contributed by atoms with Crippen molar-refractivity contribution in [3.8, 4) is 0 Å². The van der Waals surface area contributed by atoms with E-state index in [9.17, 15) is 9.50 Å². The van der Waals surface area contributed by atoms with Gasteiger partial charge in [-0.25, -0.2) is 4.39 Å². The minimum absolute atomic E-state index is 0.0298. The van der Waals surface area contributed by atoms with Gasteiger partial charge in [-0.3, -0.25) is 0 Å². The van der Waals surface area contributed by atoms with Gasteiger partial charge in [-0.1, -0.05) is 19.1 Å². The van der Waals surface area contributed by atoms with Gasteiger partial charge in [0.1, 0.15) is 5.82 Å². The molecule has 0 spiro atoms. The highest BCUT2D eigenvalue weighted by molar-refractivity contribution is 5.56. The number of ether oxygens (including phenoxy) is 1. The van der Waals surface area contributed by atoms with Gasteiger partial charge in [-0.15, -0.1) is 0 Å². The van der Waals surface area contributed by atoms with Crippen LogP contribution in [-0.4, -0.2) is 43.6 Å². The number of anilines is 1. The number of nitrogens with one attached hydrogen (secondary N) is 1. The Morgan fingerprint density at radius 3 is 2.90 bits per heavy atom. The van der Waals surface area contributed by atoms with Crippen molar-refractivity contribution in [3.05, 3.63) is 29.6 Å². The van der Waals surface area contributed by atoms with Crippen LogP contribution in [0.3, 0.4) is 0 Å². The number of para-hydroxylation sites is 1. The Hall–Kier alpha value is -1.17. The highest BCUT2D eigenvalue weighted by Gasteiger charge is 2.28. The Morgan fingerprint density at radius 2 is 2.24 bits per heavy atom. The van der Waals surface area contributed by atoms with Gasteiger partial charge < -0.3 is 20.1 Å². The normalized spacial score (nSPS) is 24.1. The monoisotopic (exact) mass is 296 g/mol. The highest BCUT2D eigenvalue weighted by atomic mass is 19.1. The lowest BCUT2D eigenvalue weighted by Gasteiger charge is -2.39. The van der Waals surface area contributed by atoms with Crippen molar-refractivity contribution < 1.29 is 14.2 Å². The molecule has 1 saturated heterocycles. The number of aliphatic hydroxyl groups excluding tert-OH is 1. The fraction of sp³-hybridized carbons (Fsp3) is 0.625. The van der Waals surface area contributed by atoms with E-state index in [-0.39, 0.29) is 30.7 Å². The summed E-state index contributed by atoms with van der Waals surface area (Å²) in [5.41, 5.74) is 1.57. The van der Waals surface area contributed by atoms with Crippen LogP contribution in [0.4, 0.5) is 10.1 Å². The van der Waals surface area contributed by atoms with Crippen molar-refractivity contribution in [2.45, 2.75) is 39.0 Å². The fourth-order valence-electron chi connectivity index (χ4n) is 2.96. The lowest BCUT2D eigenvalue weighted by atomic mass is 10.0. The molecule has 5 heteroatoms. The molecule has 0 aliphatic carbocycles. The van der Waals surface area contributed by atoms with Crippen molar-refractivity contribution in [3.63, 3.8) is 0 Å². The first-order chi connectivity index (χ1) is 10.1. The average Bonchev–Trinajstić information content (AvgIpc) is 2.46. The van der Waals surface area contributed by atoms with Crippen molar-refractivity contribution in [1.82, 2.24) is 5.32 Å². The van der Waals surface area contributed by atoms with Crippen LogP contribution in [-0.2, 0) is 4.74 Å². The molecule has 1 aromatic carbocycles. The first-order valence-electron chi connectivity index (χ1n) is 7.59. The molecule has 1 aromatic rings. The van der Waals surface area contributed by atoms with Crippen LogP contribution in [0.15, 0.2) is 18.2 Å². The molecule has 1 heterocycles. The molecular weight excluding hydrogens is 271 g/mol. The minimum Gasteiger partial charge on any atom is -0.394 e. The zero-order valence-corrected chi connectivity index (χ0v) is 13.0. The molecule has 21 heavy (non-hydrogen) atoms. The second-order valence-electron chi connectivity index (χ2n) is 5.61. The van der Waals surface area contributed by atoms with Crippen molar-refractivity contribution in [2.24, 2.45) is 0 Å². The molecule has 1 aliphatic rings. The van der Waals surface area contributed by atoms with Gasteiger partial charge in [0.05, 0.1) is 24.5 Å². The van der Waals surface area contributed by atoms with Crippen molar-refractivity contribution in [1.29, 1.82) is 0 Å². The number of benzene rings is 1. The third kappa shape index (κ3) is 3.73. The molecule has 3 atom stereocenters. The van der Waals surface area contributed by atoms with Gasteiger partial charge in [0.15, 0.2) is 0 Å². The summed E-state index contributed by atoms with van der Waals surface area (Å²) in [4.78, 5) is 1.99. The topological polar surface area (TPSA) is 44.7 Å². The van der Waals surface area contributed by atoms with Crippen LogP contribution in [0.1, 0.15) is 32.4 Å². The summed E-state index contributed by atoms with van der Waals surface area (Å²) in [5.74, 6) is -0.219. The molecule has 0 amide bonds. The van der Waals surface area contributed by atoms with Crippen LogP contribution in [0.2, 0.25) is 0 Å². The standard InChI is InChI=1S/C16H25FN2O2/c1-4-18-12(3)14-6-5-7-15(17)16(14)19-8-11(2)21-13(9-19)10-20/h5-7,11-13,18,20H,4,8-10H2,1-3H3. The first kappa shape index (κ1) is 16.2. The van der Waals surface area contributed by atoms with Gasteiger partial charge >= 0.3 is 0 Å². The summed E-state index contributed by atoms with van der Waals surface area (Å²) >= 11 is 0. The van der Waals surface area contributed by atoms with Gasteiger partial charge in [-0.05, 0) is 32.0 Å². The minimum atomic E-state index is -0.268. The van der Waals surface area contributed by atoms with E-state index < -0.39 is 0 Å². The summed E-state index contributed by atoms with van der Waals surface area (Å²) in [7, 11) is 0. The molecule has 2 N–H and O–H groups in total. The van der Waals surface area contributed by atoms with Crippen molar-refractivity contribution >= 4 is 5.69 Å². The van der Waals surface area contributed by atoms with Crippen LogP contribution in [0.25, 0.3) is 0 Å². The van der Waals surface area contributed by atoms with Gasteiger partial charge in [0, 0.05) is 19.1 Å². The lowest BCUT2D eigenvalue weighted by molar-refractivity contribution is -0.0423. The average molecular weight is 296 g/mol. The largest absolute Gasteiger partial charge is 0.394 e. The molecule has 0 saturated carbocycles. The summed E-state index contributed by atoms with van der Waals surface area (Å²) in [5, 5.41) is 12.7. The summed E-state index contributed by atoms with van der Waals surface area (Å²) in [6.07, 6.45) is -0.298. The molecular formula is C16H25FN2O2. The van der Waals surface area contributed by atoms with Crippen molar-refractivity contribution in [2.75, 3.05) is 31.1 Å². The summed E-state index contributed by atoms with van der Waals surface area (Å²) < 4.78 is 20.1. The number of nitrogens with zero attached hydrogens (tertiary/aromatic N) is 1. The van der Waals surface area contributed by atoms with Crippen LogP contribution in [0.5, 0.6) is 0 Å². The van der Waals surface area contributed by atoms with E-state index >= 15 is 0 Å². The first-order valence-corrected chi connectivity index (χ1v) is 7.59. The third-order valence-electron chi connectivity index (χ3n) is 3.84. The maximum atomic E-state index is 14.4. The number of hydrogen-bond donors (Lipinski definition) is 2. The van der Waals surface area contributed by atoms with E-state index in [0.717, 1.165) is 12.1 Å². The molecule has 3 unspecified atom stereocenters. The van der Waals surface area contributed by atoms with E-state index in [1.54, 1.807) is 6.07 Å². The molecule has 118 valence electrons. The number of halogens is 1. The summed E-state index contributed by atoms with van der Waals surface area (Å²) in [6.45, 7) is 7.94. The Bertz CT molecular complexity index is 470. The predicted octanol–water partition coefficient (Wildman–Crippen LogP) is 2.08. The molecule has 0 radical (unpaired) electrons. The quantitative estimate of drug-likeness (QED) is 0.873. The van der Waals surface area contributed by atoms with Gasteiger partial charge in [0.2, 0.25) is 0 Å². The molecule has 1 fully saturated rings. The fourth-order valence-corrected chi connectivity index (χ4v) is 2.96. The van der Waals surface area contributed by atoms with Crippen LogP contribution < -0.4 is 10.2 Å². The Morgan fingerprint density at radius 1 is 1.48 bits per heavy atom. The molecule has 0 bridgehead atoms. The predicted molar refractivity (Wildman–Crippen MR) is 82.1 cm³/mol. The molecule has 1 aliphatic heterocycles. The number of morpholine rings is 1. The van der Waals surface area contributed by atoms with Gasteiger partial charge in [0.25, 0.3) is 0 Å². The van der Waals surface area contributed by atoms with Crippen LogP contribution >= 0.6 is 0 Å². The summed E-state index contributed by atoms with van der Waals surface area (Å²) in [6, 6.07) is 5.27. The molecule has 2 rings (SSSR count). The van der Waals surface area contributed by atoms with E-state index in [2.05, 4.69) is 5.32 Å². The van der Waals surface area contributed by atoms with E-state index in [0.29, 0.717) is 18.8 Å². The van der Waals surface area contributed by atoms with Gasteiger partial charge in [-0.2, -0.15) is 0 Å². The smallest absolute Gasteiger partial charge is 0.146 e.